The van der Waals surface area contributed by atoms with E-state index in [1.165, 1.54) is 24.7 Å². The lowest BCUT2D eigenvalue weighted by Crippen LogP contribution is -2.16. The third-order valence-corrected chi connectivity index (χ3v) is 7.61. The van der Waals surface area contributed by atoms with Crippen molar-refractivity contribution in [2.75, 3.05) is 17.9 Å². The van der Waals surface area contributed by atoms with E-state index in [0.717, 1.165) is 18.4 Å². The number of rotatable bonds is 9. The zero-order chi connectivity index (χ0) is 24.1. The molecule has 34 heavy (non-hydrogen) atoms. The Bertz CT molecular complexity index is 1200. The van der Waals surface area contributed by atoms with Gasteiger partial charge in [-0.25, -0.2) is 18.4 Å². The first kappa shape index (κ1) is 24.2. The number of aliphatic hydroxyl groups is 1. The highest BCUT2D eigenvalue weighted by Crippen LogP contribution is 2.37. The highest BCUT2D eigenvalue weighted by atomic mass is 32.2. The van der Waals surface area contributed by atoms with Crippen molar-refractivity contribution in [2.45, 2.75) is 56.3 Å². The number of hydrogen-bond donors (Lipinski definition) is 2. The first-order valence-electron chi connectivity index (χ1n) is 11.7. The van der Waals surface area contributed by atoms with Crippen LogP contribution in [-0.2, 0) is 10.0 Å². The zero-order valence-corrected chi connectivity index (χ0v) is 20.4. The van der Waals surface area contributed by atoms with Crippen molar-refractivity contribution in [2.24, 2.45) is 0 Å². The maximum atomic E-state index is 13.2. The van der Waals surface area contributed by atoms with Crippen LogP contribution in [0.3, 0.4) is 0 Å². The third kappa shape index (κ3) is 5.39. The van der Waals surface area contributed by atoms with Crippen LogP contribution >= 0.6 is 0 Å². The van der Waals surface area contributed by atoms with Gasteiger partial charge in [-0.2, -0.15) is 0 Å². The molecule has 1 saturated carbocycles. The number of anilines is 1. The van der Waals surface area contributed by atoms with Crippen LogP contribution in [0, 0.1) is 0 Å². The second-order valence-corrected chi connectivity index (χ2v) is 10.6. The van der Waals surface area contributed by atoms with E-state index in [4.69, 9.17) is 4.74 Å². The molecule has 0 bridgehead atoms. The fourth-order valence-electron chi connectivity index (χ4n) is 4.36. The summed E-state index contributed by atoms with van der Waals surface area (Å²) in [5.74, 6) is 1.20. The first-order valence-corrected chi connectivity index (χ1v) is 13.2. The predicted molar refractivity (Wildman–Crippen MR) is 133 cm³/mol. The van der Waals surface area contributed by atoms with Gasteiger partial charge >= 0.3 is 0 Å². The highest BCUT2D eigenvalue weighted by molar-refractivity contribution is 7.92. The van der Waals surface area contributed by atoms with Gasteiger partial charge in [-0.15, -0.1) is 0 Å². The lowest BCUT2D eigenvalue weighted by molar-refractivity contribution is 0.197. The molecule has 1 aliphatic rings. The number of aromatic nitrogens is 2. The van der Waals surface area contributed by atoms with E-state index in [2.05, 4.69) is 28.5 Å². The van der Waals surface area contributed by atoms with Gasteiger partial charge in [0.2, 0.25) is 5.88 Å². The van der Waals surface area contributed by atoms with Crippen molar-refractivity contribution in [3.8, 4) is 17.0 Å². The Morgan fingerprint density at radius 2 is 1.71 bits per heavy atom. The lowest BCUT2D eigenvalue weighted by Gasteiger charge is -2.16. The number of aliphatic hydroxyl groups excluding tert-OH is 1. The summed E-state index contributed by atoms with van der Waals surface area (Å²) in [5, 5.41) is 9.21. The molecule has 0 atom stereocenters. The Morgan fingerprint density at radius 3 is 2.32 bits per heavy atom. The van der Waals surface area contributed by atoms with Gasteiger partial charge in [-0.3, -0.25) is 4.72 Å². The van der Waals surface area contributed by atoms with Crippen molar-refractivity contribution in [3.63, 3.8) is 0 Å². The molecule has 0 saturated heterocycles. The van der Waals surface area contributed by atoms with Crippen LogP contribution in [0.25, 0.3) is 11.1 Å². The summed E-state index contributed by atoms with van der Waals surface area (Å²) in [6.45, 7) is 4.05. The Hall–Kier alpha value is -2.97. The Kier molecular flexibility index (Phi) is 7.48. The molecule has 7 nitrogen and oxygen atoms in total. The average Bonchev–Trinajstić information content (AvgIpc) is 3.38. The molecule has 0 unspecified atom stereocenters. The fourth-order valence-corrected chi connectivity index (χ4v) is 5.38. The summed E-state index contributed by atoms with van der Waals surface area (Å²) in [7, 11) is -3.89. The molecule has 0 radical (unpaired) electrons. The summed E-state index contributed by atoms with van der Waals surface area (Å²) in [6.07, 6.45) is 6.00. The molecule has 0 spiro atoms. The molecule has 1 aliphatic carbocycles. The normalized spacial score (nSPS) is 14.5. The Morgan fingerprint density at radius 1 is 1.03 bits per heavy atom. The van der Waals surface area contributed by atoms with Crippen LogP contribution in [0.5, 0.6) is 5.88 Å². The van der Waals surface area contributed by atoms with Crippen molar-refractivity contribution >= 4 is 15.8 Å². The van der Waals surface area contributed by atoms with Crippen molar-refractivity contribution < 1.29 is 18.3 Å². The minimum Gasteiger partial charge on any atom is -0.475 e. The SMILES string of the molecule is CC(C)c1ccc(-c2c(NS(=O)(=O)c3ccc(C4CCCC4)cc3)ncnc2OCCO)cc1. The van der Waals surface area contributed by atoms with Gasteiger partial charge in [-0.1, -0.05) is 63.1 Å². The number of sulfonamides is 1. The van der Waals surface area contributed by atoms with E-state index in [9.17, 15) is 13.5 Å². The monoisotopic (exact) mass is 481 g/mol. The summed E-state index contributed by atoms with van der Waals surface area (Å²) < 4.78 is 34.7. The van der Waals surface area contributed by atoms with Gasteiger partial charge in [0.05, 0.1) is 17.1 Å². The fraction of sp³-hybridized carbons (Fsp3) is 0.385. The number of hydrogen-bond acceptors (Lipinski definition) is 6. The Labute approximate surface area is 201 Å². The van der Waals surface area contributed by atoms with Crippen LogP contribution in [0.1, 0.15) is 62.5 Å². The minimum absolute atomic E-state index is 0.0307. The molecule has 1 aromatic heterocycles. The molecule has 180 valence electrons. The van der Waals surface area contributed by atoms with Crippen LogP contribution in [-0.4, -0.2) is 36.7 Å². The largest absolute Gasteiger partial charge is 0.475 e. The summed E-state index contributed by atoms with van der Waals surface area (Å²) in [5.41, 5.74) is 3.48. The molecule has 1 fully saturated rings. The first-order chi connectivity index (χ1) is 16.4. The van der Waals surface area contributed by atoms with Crippen molar-refractivity contribution in [1.82, 2.24) is 9.97 Å². The topological polar surface area (TPSA) is 101 Å². The van der Waals surface area contributed by atoms with Crippen LogP contribution in [0.4, 0.5) is 5.82 Å². The summed E-state index contributed by atoms with van der Waals surface area (Å²) in [6, 6.07) is 14.9. The molecule has 3 aromatic rings. The lowest BCUT2D eigenvalue weighted by atomic mass is 9.98. The minimum atomic E-state index is -3.89. The molecular formula is C26H31N3O4S. The zero-order valence-electron chi connectivity index (χ0n) is 19.6. The van der Waals surface area contributed by atoms with E-state index < -0.39 is 10.0 Å². The van der Waals surface area contributed by atoms with Crippen LogP contribution in [0.15, 0.2) is 59.8 Å². The third-order valence-electron chi connectivity index (χ3n) is 6.26. The second-order valence-electron chi connectivity index (χ2n) is 8.91. The second kappa shape index (κ2) is 10.5. The molecule has 8 heteroatoms. The van der Waals surface area contributed by atoms with Crippen LogP contribution in [0.2, 0.25) is 0 Å². The van der Waals surface area contributed by atoms with E-state index in [1.807, 2.05) is 36.4 Å². The quantitative estimate of drug-likeness (QED) is 0.441. The maximum absolute atomic E-state index is 13.2. The molecule has 4 rings (SSSR count). The predicted octanol–water partition coefficient (Wildman–Crippen LogP) is 5.10. The van der Waals surface area contributed by atoms with Crippen LogP contribution < -0.4 is 9.46 Å². The van der Waals surface area contributed by atoms with Gasteiger partial charge in [0, 0.05) is 0 Å². The van der Waals surface area contributed by atoms with Gasteiger partial charge in [-0.05, 0) is 53.5 Å². The van der Waals surface area contributed by atoms with E-state index in [0.29, 0.717) is 23.0 Å². The van der Waals surface area contributed by atoms with E-state index in [-0.39, 0.29) is 29.8 Å². The van der Waals surface area contributed by atoms with Crippen molar-refractivity contribution in [1.29, 1.82) is 0 Å². The smallest absolute Gasteiger partial charge is 0.263 e. The summed E-state index contributed by atoms with van der Waals surface area (Å²) >= 11 is 0. The number of ether oxygens (including phenoxy) is 1. The van der Waals surface area contributed by atoms with Gasteiger partial charge in [0.1, 0.15) is 12.9 Å². The number of nitrogens with zero attached hydrogens (tertiary/aromatic N) is 2. The van der Waals surface area contributed by atoms with Gasteiger partial charge in [0.15, 0.2) is 5.82 Å². The van der Waals surface area contributed by atoms with E-state index >= 15 is 0 Å². The molecule has 1 heterocycles. The maximum Gasteiger partial charge on any atom is 0.263 e. The van der Waals surface area contributed by atoms with E-state index in [1.54, 1.807) is 12.1 Å². The summed E-state index contributed by atoms with van der Waals surface area (Å²) in [4.78, 5) is 8.59. The highest BCUT2D eigenvalue weighted by Gasteiger charge is 2.23. The number of benzene rings is 2. The van der Waals surface area contributed by atoms with Gasteiger partial charge in [0.25, 0.3) is 10.0 Å². The standard InChI is InChI=1S/C26H31N3O4S/c1-18(2)19-7-9-22(10-8-19)24-25(27-17-28-26(24)33-16-15-30)29-34(31,32)23-13-11-21(12-14-23)20-5-3-4-6-20/h7-14,17-18,20,30H,3-6,15-16H2,1-2H3,(H,27,28,29). The molecular weight excluding hydrogens is 450 g/mol. The molecule has 0 aliphatic heterocycles. The molecule has 0 amide bonds. The molecule has 2 N–H and O–H groups in total. The number of nitrogens with one attached hydrogen (secondary N) is 1. The molecule has 2 aromatic carbocycles. The average molecular weight is 482 g/mol. The van der Waals surface area contributed by atoms with Gasteiger partial charge < -0.3 is 9.84 Å². The Balaban J connectivity index is 1.67. The van der Waals surface area contributed by atoms with Crippen molar-refractivity contribution in [3.05, 3.63) is 66.0 Å².